The summed E-state index contributed by atoms with van der Waals surface area (Å²) in [5.74, 6) is -0.180. The molecule has 0 atom stereocenters. The van der Waals surface area contributed by atoms with Crippen molar-refractivity contribution in [1.82, 2.24) is 15.1 Å². The van der Waals surface area contributed by atoms with Crippen LogP contribution in [-0.2, 0) is 6.54 Å². The summed E-state index contributed by atoms with van der Waals surface area (Å²) in [6.07, 6.45) is 0. The van der Waals surface area contributed by atoms with Crippen molar-refractivity contribution < 1.29 is 4.79 Å². The maximum absolute atomic E-state index is 12.5. The third-order valence-corrected chi connectivity index (χ3v) is 5.13. The Morgan fingerprint density at radius 3 is 2.87 bits per heavy atom. The van der Waals surface area contributed by atoms with E-state index in [1.807, 2.05) is 29.6 Å². The molecule has 4 nitrogen and oxygen atoms in total. The van der Waals surface area contributed by atoms with Gasteiger partial charge in [0.1, 0.15) is 0 Å². The highest BCUT2D eigenvalue weighted by molar-refractivity contribution is 7.13. The lowest BCUT2D eigenvalue weighted by atomic mass is 10.2. The fourth-order valence-corrected chi connectivity index (χ4v) is 3.26. The fourth-order valence-electron chi connectivity index (χ4n) is 2.18. The standard InChI is InChI=1S/C16H13Cl2N3OS/c1-21(9-10-4-2-5-11(17)15(10)18)16(22)13-8-12(19-20-13)14-6-3-7-23-14/h2-8H,9H2,1H3,(H,19,20). The lowest BCUT2D eigenvalue weighted by molar-refractivity contribution is 0.0779. The van der Waals surface area contributed by atoms with Gasteiger partial charge in [-0.25, -0.2) is 0 Å². The first kappa shape index (κ1) is 16.1. The van der Waals surface area contributed by atoms with Crippen LogP contribution in [0.25, 0.3) is 10.6 Å². The molecule has 0 unspecified atom stereocenters. The van der Waals surface area contributed by atoms with E-state index < -0.39 is 0 Å². The molecule has 0 saturated heterocycles. The number of hydrogen-bond donors (Lipinski definition) is 1. The van der Waals surface area contributed by atoms with Gasteiger partial charge in [0.2, 0.25) is 0 Å². The van der Waals surface area contributed by atoms with Crippen LogP contribution in [0.3, 0.4) is 0 Å². The SMILES string of the molecule is CN(Cc1cccc(Cl)c1Cl)C(=O)c1cc(-c2cccs2)[nH]n1. The largest absolute Gasteiger partial charge is 0.336 e. The summed E-state index contributed by atoms with van der Waals surface area (Å²) >= 11 is 13.8. The van der Waals surface area contributed by atoms with Crippen molar-refractivity contribution >= 4 is 40.4 Å². The van der Waals surface area contributed by atoms with Gasteiger partial charge < -0.3 is 4.90 Å². The summed E-state index contributed by atoms with van der Waals surface area (Å²) in [7, 11) is 1.71. The number of H-pyrrole nitrogens is 1. The maximum atomic E-state index is 12.5. The number of aromatic amines is 1. The van der Waals surface area contributed by atoms with Gasteiger partial charge in [-0.2, -0.15) is 5.10 Å². The molecule has 3 rings (SSSR count). The van der Waals surface area contributed by atoms with E-state index in [1.54, 1.807) is 35.4 Å². The summed E-state index contributed by atoms with van der Waals surface area (Å²) in [6.45, 7) is 0.361. The van der Waals surface area contributed by atoms with Gasteiger partial charge in [-0.15, -0.1) is 11.3 Å². The number of halogens is 2. The van der Waals surface area contributed by atoms with Gasteiger partial charge in [0.15, 0.2) is 5.69 Å². The summed E-state index contributed by atoms with van der Waals surface area (Å²) in [4.78, 5) is 15.1. The van der Waals surface area contributed by atoms with Crippen LogP contribution in [0.2, 0.25) is 10.0 Å². The van der Waals surface area contributed by atoms with E-state index >= 15 is 0 Å². The second-order valence-corrected chi connectivity index (χ2v) is 6.75. The molecule has 0 aliphatic heterocycles. The van der Waals surface area contributed by atoms with Gasteiger partial charge >= 0.3 is 0 Å². The van der Waals surface area contributed by atoms with Crippen molar-refractivity contribution in [1.29, 1.82) is 0 Å². The van der Waals surface area contributed by atoms with Crippen molar-refractivity contribution in [3.63, 3.8) is 0 Å². The van der Waals surface area contributed by atoms with E-state index in [0.717, 1.165) is 16.1 Å². The number of hydrogen-bond acceptors (Lipinski definition) is 3. The Morgan fingerprint density at radius 1 is 1.30 bits per heavy atom. The molecule has 2 heterocycles. The van der Waals surface area contributed by atoms with Crippen LogP contribution >= 0.6 is 34.5 Å². The van der Waals surface area contributed by atoms with E-state index in [2.05, 4.69) is 10.2 Å². The zero-order valence-corrected chi connectivity index (χ0v) is 14.5. The number of amides is 1. The Balaban J connectivity index is 1.76. The lowest BCUT2D eigenvalue weighted by Gasteiger charge is -2.17. The molecule has 23 heavy (non-hydrogen) atoms. The Bertz CT molecular complexity index is 830. The van der Waals surface area contributed by atoms with Crippen molar-refractivity contribution in [3.05, 3.63) is 63.1 Å². The van der Waals surface area contributed by atoms with Crippen molar-refractivity contribution in [2.24, 2.45) is 0 Å². The number of nitrogens with zero attached hydrogens (tertiary/aromatic N) is 2. The highest BCUT2D eigenvalue weighted by atomic mass is 35.5. The zero-order chi connectivity index (χ0) is 16.4. The molecule has 3 aromatic rings. The topological polar surface area (TPSA) is 49.0 Å². The number of thiophene rings is 1. The van der Waals surface area contributed by atoms with Crippen molar-refractivity contribution in [3.8, 4) is 10.6 Å². The van der Waals surface area contributed by atoms with E-state index in [4.69, 9.17) is 23.2 Å². The normalized spacial score (nSPS) is 10.7. The predicted molar refractivity (Wildman–Crippen MR) is 94.2 cm³/mol. The number of rotatable bonds is 4. The summed E-state index contributed by atoms with van der Waals surface area (Å²) in [5, 5.41) is 9.92. The van der Waals surface area contributed by atoms with Gasteiger partial charge in [0, 0.05) is 13.6 Å². The summed E-state index contributed by atoms with van der Waals surface area (Å²) in [5.41, 5.74) is 2.00. The summed E-state index contributed by atoms with van der Waals surface area (Å²) < 4.78 is 0. The molecule has 0 aliphatic rings. The number of carbonyl (C=O) groups excluding carboxylic acids is 1. The number of aromatic nitrogens is 2. The predicted octanol–water partition coefficient (Wildman–Crippen LogP) is 4.72. The van der Waals surface area contributed by atoms with Gasteiger partial charge in [-0.1, -0.05) is 41.4 Å². The highest BCUT2D eigenvalue weighted by Gasteiger charge is 2.17. The average molecular weight is 366 g/mol. The molecule has 2 aromatic heterocycles. The molecule has 0 bridgehead atoms. The molecule has 0 aliphatic carbocycles. The molecule has 0 fully saturated rings. The molecule has 1 aromatic carbocycles. The van der Waals surface area contributed by atoms with Crippen LogP contribution in [0.15, 0.2) is 41.8 Å². The van der Waals surface area contributed by atoms with Gasteiger partial charge in [0.25, 0.3) is 5.91 Å². The smallest absolute Gasteiger partial charge is 0.274 e. The number of benzene rings is 1. The molecule has 7 heteroatoms. The molecule has 0 radical (unpaired) electrons. The van der Waals surface area contributed by atoms with Crippen LogP contribution in [-0.4, -0.2) is 28.1 Å². The molecular formula is C16H13Cl2N3OS. The minimum Gasteiger partial charge on any atom is -0.336 e. The van der Waals surface area contributed by atoms with E-state index in [9.17, 15) is 4.79 Å². The first-order valence-corrected chi connectivity index (χ1v) is 8.47. The molecule has 0 saturated carbocycles. The Kier molecular flexibility index (Phi) is 4.71. The quantitative estimate of drug-likeness (QED) is 0.727. The number of carbonyl (C=O) groups is 1. The highest BCUT2D eigenvalue weighted by Crippen LogP contribution is 2.27. The van der Waals surface area contributed by atoms with Gasteiger partial charge in [0.05, 0.1) is 20.6 Å². The fraction of sp³-hybridized carbons (Fsp3) is 0.125. The van der Waals surface area contributed by atoms with Crippen LogP contribution in [0, 0.1) is 0 Å². The van der Waals surface area contributed by atoms with Crippen LogP contribution in [0.4, 0.5) is 0 Å². The second-order valence-electron chi connectivity index (χ2n) is 5.02. The lowest BCUT2D eigenvalue weighted by Crippen LogP contribution is -2.26. The van der Waals surface area contributed by atoms with E-state index in [-0.39, 0.29) is 5.91 Å². The molecule has 0 spiro atoms. The monoisotopic (exact) mass is 365 g/mol. The van der Waals surface area contributed by atoms with Crippen LogP contribution < -0.4 is 0 Å². The van der Waals surface area contributed by atoms with E-state index in [0.29, 0.717) is 22.3 Å². The Hall–Kier alpha value is -1.82. The average Bonchev–Trinajstić information content (AvgIpc) is 3.21. The zero-order valence-electron chi connectivity index (χ0n) is 12.2. The minimum absolute atomic E-state index is 0.180. The van der Waals surface area contributed by atoms with Crippen LogP contribution in [0.1, 0.15) is 16.1 Å². The third-order valence-electron chi connectivity index (χ3n) is 3.37. The first-order valence-electron chi connectivity index (χ1n) is 6.84. The number of nitrogens with one attached hydrogen (secondary N) is 1. The molecule has 1 N–H and O–H groups in total. The van der Waals surface area contributed by atoms with Crippen LogP contribution in [0.5, 0.6) is 0 Å². The van der Waals surface area contributed by atoms with Crippen molar-refractivity contribution in [2.75, 3.05) is 7.05 Å². The third kappa shape index (κ3) is 3.42. The summed E-state index contributed by atoms with van der Waals surface area (Å²) in [6, 6.07) is 11.1. The van der Waals surface area contributed by atoms with Gasteiger partial charge in [-0.3, -0.25) is 9.89 Å². The van der Waals surface area contributed by atoms with Crippen molar-refractivity contribution in [2.45, 2.75) is 6.54 Å². The van der Waals surface area contributed by atoms with Gasteiger partial charge in [-0.05, 0) is 29.1 Å². The minimum atomic E-state index is -0.180. The molecular weight excluding hydrogens is 353 g/mol. The maximum Gasteiger partial charge on any atom is 0.274 e. The Labute approximate surface area is 147 Å². The Morgan fingerprint density at radius 2 is 2.13 bits per heavy atom. The molecule has 118 valence electrons. The molecule has 1 amide bonds. The second kappa shape index (κ2) is 6.74. The van der Waals surface area contributed by atoms with E-state index in [1.165, 1.54) is 0 Å². The first-order chi connectivity index (χ1) is 11.1.